The lowest BCUT2D eigenvalue weighted by Gasteiger charge is -2.34. The van der Waals surface area contributed by atoms with Crippen LogP contribution in [0.3, 0.4) is 0 Å². The maximum Gasteiger partial charge on any atom is 0.253 e. The first-order valence-corrected chi connectivity index (χ1v) is 13.4. The van der Waals surface area contributed by atoms with E-state index in [1.165, 1.54) is 12.1 Å². The Balaban J connectivity index is 1.28. The predicted molar refractivity (Wildman–Crippen MR) is 132 cm³/mol. The van der Waals surface area contributed by atoms with Gasteiger partial charge < -0.3 is 4.90 Å². The van der Waals surface area contributed by atoms with Gasteiger partial charge in [0.25, 0.3) is 5.91 Å². The van der Waals surface area contributed by atoms with Gasteiger partial charge in [-0.05, 0) is 59.8 Å². The van der Waals surface area contributed by atoms with Crippen LogP contribution >= 0.6 is 11.3 Å². The first-order chi connectivity index (χ1) is 16.4. The molecule has 0 bridgehead atoms. The Labute approximate surface area is 204 Å². The van der Waals surface area contributed by atoms with Crippen LogP contribution in [0.15, 0.2) is 70.9 Å². The summed E-state index contributed by atoms with van der Waals surface area (Å²) in [6, 6.07) is 19.7. The highest BCUT2D eigenvalue weighted by molar-refractivity contribution is 7.89. The third-order valence-corrected chi connectivity index (χ3v) is 8.22. The summed E-state index contributed by atoms with van der Waals surface area (Å²) in [6.07, 6.45) is 0.643. The number of nitrogens with one attached hydrogen (secondary N) is 1. The summed E-state index contributed by atoms with van der Waals surface area (Å²) < 4.78 is 27.7. The summed E-state index contributed by atoms with van der Waals surface area (Å²) in [5.74, 6) is -0.0902. The van der Waals surface area contributed by atoms with Crippen LogP contribution in [0.1, 0.15) is 26.4 Å². The van der Waals surface area contributed by atoms with Gasteiger partial charge in [-0.1, -0.05) is 18.2 Å². The lowest BCUT2D eigenvalue weighted by atomic mass is 10.1. The average Bonchev–Trinajstić information content (AvgIpc) is 3.38. The van der Waals surface area contributed by atoms with Crippen molar-refractivity contribution in [1.29, 1.82) is 5.26 Å². The number of carbonyl (C=O) groups excluding carboxylic acids is 1. The number of amides is 1. The molecule has 2 heterocycles. The van der Waals surface area contributed by atoms with E-state index in [9.17, 15) is 13.2 Å². The molecule has 0 aliphatic carbocycles. The van der Waals surface area contributed by atoms with Crippen LogP contribution in [0.5, 0.6) is 0 Å². The molecule has 0 saturated carbocycles. The molecule has 3 aromatic rings. The molecule has 0 unspecified atom stereocenters. The molecular formula is C25H26N4O3S2. The Bertz CT molecular complexity index is 1240. The lowest BCUT2D eigenvalue weighted by Crippen LogP contribution is -2.48. The second-order valence-electron chi connectivity index (χ2n) is 8.13. The molecule has 4 rings (SSSR count). The lowest BCUT2D eigenvalue weighted by molar-refractivity contribution is 0.0628. The largest absolute Gasteiger partial charge is 0.336 e. The van der Waals surface area contributed by atoms with E-state index in [2.05, 4.69) is 15.7 Å². The van der Waals surface area contributed by atoms with Gasteiger partial charge >= 0.3 is 0 Å². The van der Waals surface area contributed by atoms with Gasteiger partial charge in [-0.3, -0.25) is 9.69 Å². The molecule has 1 aliphatic rings. The van der Waals surface area contributed by atoms with Gasteiger partial charge in [-0.2, -0.15) is 5.26 Å². The van der Waals surface area contributed by atoms with E-state index in [1.54, 1.807) is 28.4 Å². The molecule has 7 nitrogen and oxygen atoms in total. The normalized spacial score (nSPS) is 14.6. The monoisotopic (exact) mass is 494 g/mol. The number of nitrogens with zero attached hydrogens (tertiary/aromatic N) is 3. The van der Waals surface area contributed by atoms with Crippen LogP contribution in [0.4, 0.5) is 0 Å². The smallest absolute Gasteiger partial charge is 0.253 e. The third kappa shape index (κ3) is 6.10. The Hall–Kier alpha value is -3.03. The fraction of sp³-hybridized carbons (Fsp3) is 0.280. The molecule has 9 heteroatoms. The molecule has 1 saturated heterocycles. The molecule has 1 N–H and O–H groups in total. The fourth-order valence-electron chi connectivity index (χ4n) is 3.86. The molecule has 2 aromatic carbocycles. The number of carbonyl (C=O) groups is 1. The Morgan fingerprint density at radius 1 is 1.00 bits per heavy atom. The predicted octanol–water partition coefficient (Wildman–Crippen LogP) is 3.10. The van der Waals surface area contributed by atoms with Crippen molar-refractivity contribution in [3.63, 3.8) is 0 Å². The molecule has 1 fully saturated rings. The second-order valence-corrected chi connectivity index (χ2v) is 10.9. The highest BCUT2D eigenvalue weighted by atomic mass is 32.2. The molecule has 0 radical (unpaired) electrons. The standard InChI is InChI=1S/C25H26N4O3S2/c26-18-20-3-5-21(6-4-20)19-28-13-15-29(16-14-28)25(30)22-7-9-24(10-8-22)34(31,32)27-12-11-23-2-1-17-33-23/h1-10,17,27H,11-16,19H2. The van der Waals surface area contributed by atoms with Crippen molar-refractivity contribution < 1.29 is 13.2 Å². The van der Waals surface area contributed by atoms with Gasteiger partial charge in [0.1, 0.15) is 0 Å². The highest BCUT2D eigenvalue weighted by Crippen LogP contribution is 2.16. The maximum atomic E-state index is 12.9. The minimum Gasteiger partial charge on any atom is -0.336 e. The first-order valence-electron chi connectivity index (χ1n) is 11.1. The van der Waals surface area contributed by atoms with E-state index >= 15 is 0 Å². The molecule has 176 valence electrons. The Morgan fingerprint density at radius 2 is 1.71 bits per heavy atom. The number of hydrogen-bond donors (Lipinski definition) is 1. The minimum absolute atomic E-state index is 0.0902. The minimum atomic E-state index is -3.62. The van der Waals surface area contributed by atoms with E-state index in [4.69, 9.17) is 5.26 Å². The van der Waals surface area contributed by atoms with Gasteiger partial charge in [0.05, 0.1) is 16.5 Å². The number of piperazine rings is 1. The molecule has 0 atom stereocenters. The number of benzene rings is 2. The van der Waals surface area contributed by atoms with E-state index in [1.807, 2.05) is 41.8 Å². The summed E-state index contributed by atoms with van der Waals surface area (Å²) in [5.41, 5.74) is 2.27. The molecule has 0 spiro atoms. The number of rotatable bonds is 8. The zero-order valence-electron chi connectivity index (χ0n) is 18.7. The van der Waals surface area contributed by atoms with Crippen LogP contribution in [0.2, 0.25) is 0 Å². The van der Waals surface area contributed by atoms with Crippen molar-refractivity contribution in [2.24, 2.45) is 0 Å². The third-order valence-electron chi connectivity index (χ3n) is 5.80. The van der Waals surface area contributed by atoms with Crippen molar-refractivity contribution in [3.8, 4) is 6.07 Å². The van der Waals surface area contributed by atoms with Crippen molar-refractivity contribution in [1.82, 2.24) is 14.5 Å². The SMILES string of the molecule is N#Cc1ccc(CN2CCN(C(=O)c3ccc(S(=O)(=O)NCCc4cccs4)cc3)CC2)cc1. The van der Waals surface area contributed by atoms with E-state index in [-0.39, 0.29) is 10.8 Å². The van der Waals surface area contributed by atoms with Crippen molar-refractivity contribution in [2.75, 3.05) is 32.7 Å². The van der Waals surface area contributed by atoms with E-state index in [0.29, 0.717) is 37.2 Å². The Morgan fingerprint density at radius 3 is 2.32 bits per heavy atom. The number of nitriles is 1. The van der Waals surface area contributed by atoms with Crippen LogP contribution in [-0.2, 0) is 23.0 Å². The topological polar surface area (TPSA) is 93.5 Å². The van der Waals surface area contributed by atoms with Gasteiger partial charge in [0, 0.05) is 49.7 Å². The summed E-state index contributed by atoms with van der Waals surface area (Å²) in [5, 5.41) is 10.9. The quantitative estimate of drug-likeness (QED) is 0.519. The van der Waals surface area contributed by atoms with E-state index < -0.39 is 10.0 Å². The van der Waals surface area contributed by atoms with Gasteiger partial charge in [-0.25, -0.2) is 13.1 Å². The Kier molecular flexibility index (Phi) is 7.75. The zero-order valence-corrected chi connectivity index (χ0v) is 20.3. The van der Waals surface area contributed by atoms with Gasteiger partial charge in [0.15, 0.2) is 0 Å². The highest BCUT2D eigenvalue weighted by Gasteiger charge is 2.23. The van der Waals surface area contributed by atoms with Crippen molar-refractivity contribution >= 4 is 27.3 Å². The summed E-state index contributed by atoms with van der Waals surface area (Å²) in [7, 11) is -3.62. The van der Waals surface area contributed by atoms with Crippen LogP contribution < -0.4 is 4.72 Å². The average molecular weight is 495 g/mol. The molecule has 1 aromatic heterocycles. The van der Waals surface area contributed by atoms with E-state index in [0.717, 1.165) is 30.1 Å². The molecule has 1 amide bonds. The molecular weight excluding hydrogens is 468 g/mol. The van der Waals surface area contributed by atoms with Crippen molar-refractivity contribution in [3.05, 3.63) is 87.6 Å². The fourth-order valence-corrected chi connectivity index (χ4v) is 5.60. The number of thiophene rings is 1. The molecule has 1 aliphatic heterocycles. The van der Waals surface area contributed by atoms with Gasteiger partial charge in [0.2, 0.25) is 10.0 Å². The van der Waals surface area contributed by atoms with Gasteiger partial charge in [-0.15, -0.1) is 11.3 Å². The molecule has 34 heavy (non-hydrogen) atoms. The zero-order chi connectivity index (χ0) is 24.0. The number of hydrogen-bond acceptors (Lipinski definition) is 6. The summed E-state index contributed by atoms with van der Waals surface area (Å²) in [4.78, 5) is 18.3. The van der Waals surface area contributed by atoms with Crippen LogP contribution in [0.25, 0.3) is 0 Å². The number of sulfonamides is 1. The second kappa shape index (κ2) is 10.9. The maximum absolute atomic E-state index is 12.9. The summed E-state index contributed by atoms with van der Waals surface area (Å²) in [6.45, 7) is 3.84. The van der Waals surface area contributed by atoms with Crippen LogP contribution in [0, 0.1) is 11.3 Å². The first kappa shape index (κ1) is 24.1. The summed E-state index contributed by atoms with van der Waals surface area (Å²) >= 11 is 1.60. The van der Waals surface area contributed by atoms with Crippen LogP contribution in [-0.4, -0.2) is 56.8 Å². The van der Waals surface area contributed by atoms with Crippen molar-refractivity contribution in [2.45, 2.75) is 17.9 Å².